The Morgan fingerprint density at radius 2 is 2.38 bits per heavy atom. The van der Waals surface area contributed by atoms with Gasteiger partial charge in [0.2, 0.25) is 5.91 Å². The Bertz CT molecular complexity index is 668. The van der Waals surface area contributed by atoms with Crippen molar-refractivity contribution in [3.63, 3.8) is 0 Å². The zero-order valence-electron chi connectivity index (χ0n) is 14.2. The maximum absolute atomic E-state index is 12.1. The molecule has 0 unspecified atom stereocenters. The molecule has 1 atom stereocenters. The van der Waals surface area contributed by atoms with E-state index in [9.17, 15) is 4.79 Å². The van der Waals surface area contributed by atoms with Crippen LogP contribution in [0.3, 0.4) is 0 Å². The summed E-state index contributed by atoms with van der Waals surface area (Å²) in [4.78, 5) is 15.5. The Morgan fingerprint density at radius 1 is 1.50 bits per heavy atom. The Balaban J connectivity index is 1.46. The van der Waals surface area contributed by atoms with Gasteiger partial charge < -0.3 is 10.1 Å². The molecule has 0 aromatic carbocycles. The average Bonchev–Trinajstić information content (AvgIpc) is 3.16. The predicted molar refractivity (Wildman–Crippen MR) is 94.0 cm³/mol. The number of aromatic nitrogens is 2. The molecule has 2 aromatic heterocycles. The molecule has 0 saturated carbocycles. The van der Waals surface area contributed by atoms with Gasteiger partial charge in [-0.2, -0.15) is 5.10 Å². The molecule has 1 amide bonds. The van der Waals surface area contributed by atoms with Gasteiger partial charge in [0.05, 0.1) is 38.0 Å². The van der Waals surface area contributed by atoms with E-state index in [1.165, 1.54) is 4.88 Å². The van der Waals surface area contributed by atoms with E-state index in [4.69, 9.17) is 4.74 Å². The lowest BCUT2D eigenvalue weighted by atomic mass is 10.2. The van der Waals surface area contributed by atoms with Gasteiger partial charge in [-0.25, -0.2) is 0 Å². The summed E-state index contributed by atoms with van der Waals surface area (Å²) in [5, 5.41) is 9.49. The SMILES string of the molecule is Cc1cc(C)n(C[C@H]2CN(CC(=O)NCc3cccs3)CCO2)n1. The number of thiophene rings is 1. The number of nitrogens with zero attached hydrogens (tertiary/aromatic N) is 3. The van der Waals surface area contributed by atoms with Gasteiger partial charge in [0.1, 0.15) is 0 Å². The van der Waals surface area contributed by atoms with Crippen LogP contribution in [0.4, 0.5) is 0 Å². The van der Waals surface area contributed by atoms with E-state index in [1.807, 2.05) is 29.1 Å². The van der Waals surface area contributed by atoms with Crippen LogP contribution < -0.4 is 5.32 Å². The fraction of sp³-hybridized carbons (Fsp3) is 0.529. The summed E-state index contributed by atoms with van der Waals surface area (Å²) in [7, 11) is 0. The fourth-order valence-electron chi connectivity index (χ4n) is 2.95. The topological polar surface area (TPSA) is 59.4 Å². The summed E-state index contributed by atoms with van der Waals surface area (Å²) in [6.45, 7) is 8.01. The Morgan fingerprint density at radius 3 is 3.08 bits per heavy atom. The molecule has 24 heavy (non-hydrogen) atoms. The van der Waals surface area contributed by atoms with Gasteiger partial charge in [0.25, 0.3) is 0 Å². The number of amides is 1. The molecule has 2 aromatic rings. The third kappa shape index (κ3) is 4.66. The molecule has 6 nitrogen and oxygen atoms in total. The lowest BCUT2D eigenvalue weighted by Gasteiger charge is -2.32. The van der Waals surface area contributed by atoms with Crippen molar-refractivity contribution >= 4 is 17.2 Å². The number of ether oxygens (including phenoxy) is 1. The molecule has 1 saturated heterocycles. The molecule has 0 bridgehead atoms. The van der Waals surface area contributed by atoms with Gasteiger partial charge in [-0.05, 0) is 31.4 Å². The molecule has 1 aliphatic rings. The van der Waals surface area contributed by atoms with Crippen molar-refractivity contribution in [2.24, 2.45) is 0 Å². The number of morpholine rings is 1. The van der Waals surface area contributed by atoms with Crippen LogP contribution in [0.5, 0.6) is 0 Å². The van der Waals surface area contributed by atoms with Gasteiger partial charge in [-0.1, -0.05) is 6.07 Å². The van der Waals surface area contributed by atoms with Crippen molar-refractivity contribution in [2.45, 2.75) is 33.0 Å². The minimum atomic E-state index is 0.0650. The van der Waals surface area contributed by atoms with E-state index in [-0.39, 0.29) is 12.0 Å². The number of hydrogen-bond donors (Lipinski definition) is 1. The van der Waals surface area contributed by atoms with Crippen molar-refractivity contribution < 1.29 is 9.53 Å². The van der Waals surface area contributed by atoms with Crippen LogP contribution in [0, 0.1) is 13.8 Å². The quantitative estimate of drug-likeness (QED) is 0.861. The molecule has 0 radical (unpaired) electrons. The van der Waals surface area contributed by atoms with Gasteiger partial charge >= 0.3 is 0 Å². The smallest absolute Gasteiger partial charge is 0.234 e. The Hall–Kier alpha value is -1.70. The Labute approximate surface area is 146 Å². The number of carbonyl (C=O) groups is 1. The van der Waals surface area contributed by atoms with Crippen molar-refractivity contribution in [2.75, 3.05) is 26.2 Å². The van der Waals surface area contributed by atoms with E-state index >= 15 is 0 Å². The fourth-order valence-corrected chi connectivity index (χ4v) is 3.59. The summed E-state index contributed by atoms with van der Waals surface area (Å²) >= 11 is 1.66. The molecular weight excluding hydrogens is 324 g/mol. The van der Waals surface area contributed by atoms with Crippen molar-refractivity contribution in [1.82, 2.24) is 20.0 Å². The minimum absolute atomic E-state index is 0.0650. The molecule has 130 valence electrons. The van der Waals surface area contributed by atoms with E-state index in [1.54, 1.807) is 11.3 Å². The van der Waals surface area contributed by atoms with Gasteiger partial charge in [-0.15, -0.1) is 11.3 Å². The predicted octanol–water partition coefficient (Wildman–Crippen LogP) is 1.58. The molecule has 1 N–H and O–H groups in total. The number of carbonyl (C=O) groups excluding carboxylic acids is 1. The number of nitrogens with one attached hydrogen (secondary N) is 1. The van der Waals surface area contributed by atoms with Crippen LogP contribution in [-0.4, -0.2) is 52.9 Å². The monoisotopic (exact) mass is 348 g/mol. The molecule has 3 rings (SSSR count). The molecule has 3 heterocycles. The summed E-state index contributed by atoms with van der Waals surface area (Å²) in [6.07, 6.45) is 0.0712. The normalized spacial score (nSPS) is 18.7. The third-order valence-corrected chi connectivity index (χ3v) is 4.99. The maximum atomic E-state index is 12.1. The van der Waals surface area contributed by atoms with Crippen molar-refractivity contribution in [1.29, 1.82) is 0 Å². The summed E-state index contributed by atoms with van der Waals surface area (Å²) in [5.41, 5.74) is 2.16. The molecule has 1 fully saturated rings. The number of hydrogen-bond acceptors (Lipinski definition) is 5. The second-order valence-corrected chi connectivity index (χ2v) is 7.23. The van der Waals surface area contributed by atoms with E-state index in [0.29, 0.717) is 19.7 Å². The first-order valence-corrected chi connectivity index (χ1v) is 9.12. The van der Waals surface area contributed by atoms with Crippen LogP contribution in [0.15, 0.2) is 23.6 Å². The zero-order valence-corrected chi connectivity index (χ0v) is 15.0. The molecule has 1 aliphatic heterocycles. The van der Waals surface area contributed by atoms with E-state index in [0.717, 1.165) is 31.0 Å². The van der Waals surface area contributed by atoms with E-state index in [2.05, 4.69) is 28.3 Å². The minimum Gasteiger partial charge on any atom is -0.374 e. The number of aryl methyl sites for hydroxylation is 2. The first-order chi connectivity index (χ1) is 11.6. The highest BCUT2D eigenvalue weighted by Crippen LogP contribution is 2.10. The van der Waals surface area contributed by atoms with Gasteiger partial charge in [0.15, 0.2) is 0 Å². The second kappa shape index (κ2) is 7.92. The van der Waals surface area contributed by atoms with Gasteiger partial charge in [-0.3, -0.25) is 14.4 Å². The standard InChI is InChI=1S/C17H24N4O2S/c1-13-8-14(2)21(19-13)11-15-10-20(5-6-23-15)12-17(22)18-9-16-4-3-7-24-16/h3-4,7-8,15H,5-6,9-12H2,1-2H3,(H,18,22)/t15-/m1/s1. The van der Waals surface area contributed by atoms with Crippen LogP contribution in [0.2, 0.25) is 0 Å². The summed E-state index contributed by atoms with van der Waals surface area (Å²) < 4.78 is 7.83. The second-order valence-electron chi connectivity index (χ2n) is 6.19. The zero-order chi connectivity index (χ0) is 16.9. The van der Waals surface area contributed by atoms with E-state index < -0.39 is 0 Å². The van der Waals surface area contributed by atoms with Crippen molar-refractivity contribution in [3.8, 4) is 0 Å². The third-order valence-electron chi connectivity index (χ3n) is 4.11. The first-order valence-electron chi connectivity index (χ1n) is 8.24. The summed E-state index contributed by atoms with van der Waals surface area (Å²) in [5.74, 6) is 0.0650. The van der Waals surface area contributed by atoms with Gasteiger partial charge in [0, 0.05) is 23.7 Å². The first kappa shape index (κ1) is 17.1. The Kier molecular flexibility index (Phi) is 5.65. The average molecular weight is 348 g/mol. The summed E-state index contributed by atoms with van der Waals surface area (Å²) in [6, 6.07) is 6.10. The highest BCUT2D eigenvalue weighted by Gasteiger charge is 2.23. The lowest BCUT2D eigenvalue weighted by molar-refractivity contribution is -0.124. The highest BCUT2D eigenvalue weighted by atomic mass is 32.1. The molecule has 7 heteroatoms. The largest absolute Gasteiger partial charge is 0.374 e. The van der Waals surface area contributed by atoms with Crippen molar-refractivity contribution in [3.05, 3.63) is 39.8 Å². The molecule has 0 spiro atoms. The number of rotatable bonds is 6. The highest BCUT2D eigenvalue weighted by molar-refractivity contribution is 7.09. The van der Waals surface area contributed by atoms with Crippen LogP contribution >= 0.6 is 11.3 Å². The molecular formula is C17H24N4O2S. The lowest BCUT2D eigenvalue weighted by Crippen LogP contribution is -2.48. The maximum Gasteiger partial charge on any atom is 0.234 e. The molecule has 0 aliphatic carbocycles. The van der Waals surface area contributed by atoms with Crippen LogP contribution in [0.25, 0.3) is 0 Å². The van der Waals surface area contributed by atoms with Crippen LogP contribution in [-0.2, 0) is 22.6 Å². The van der Waals surface area contributed by atoms with Crippen LogP contribution in [0.1, 0.15) is 16.3 Å².